The number of carbonyl (C=O) groups is 2. The standard InChI is InChI=1S/C17H16O5/c1-21-17(20)15(19)10-13-7-8-16(14(18)9-13)22-11-12-5-3-2-4-6-12/h2-9,18H,10-11H2,1H3. The molecule has 0 spiro atoms. The zero-order valence-electron chi connectivity index (χ0n) is 12.1. The van der Waals surface area contributed by atoms with Crippen LogP contribution in [0.25, 0.3) is 0 Å². The zero-order valence-corrected chi connectivity index (χ0v) is 12.1. The number of hydrogen-bond acceptors (Lipinski definition) is 5. The maximum atomic E-state index is 11.5. The molecule has 2 aromatic carbocycles. The number of aromatic hydroxyl groups is 1. The molecular weight excluding hydrogens is 284 g/mol. The lowest BCUT2D eigenvalue weighted by Crippen LogP contribution is -2.17. The number of hydrogen-bond donors (Lipinski definition) is 1. The summed E-state index contributed by atoms with van der Waals surface area (Å²) in [6.07, 6.45) is -0.126. The smallest absolute Gasteiger partial charge is 0.374 e. The van der Waals surface area contributed by atoms with Crippen molar-refractivity contribution >= 4 is 11.8 Å². The third kappa shape index (κ3) is 4.09. The van der Waals surface area contributed by atoms with Gasteiger partial charge in [0.25, 0.3) is 0 Å². The van der Waals surface area contributed by atoms with Gasteiger partial charge in [0.05, 0.1) is 7.11 Å². The number of carbonyl (C=O) groups excluding carboxylic acids is 2. The monoisotopic (exact) mass is 300 g/mol. The topological polar surface area (TPSA) is 72.8 Å². The summed E-state index contributed by atoms with van der Waals surface area (Å²) in [7, 11) is 1.15. The minimum absolute atomic E-state index is 0.0777. The molecule has 0 unspecified atom stereocenters. The molecule has 0 saturated carbocycles. The van der Waals surface area contributed by atoms with Crippen LogP contribution in [-0.2, 0) is 27.4 Å². The van der Waals surface area contributed by atoms with E-state index < -0.39 is 11.8 Å². The second kappa shape index (κ2) is 7.26. The number of methoxy groups -OCH3 is 1. The van der Waals surface area contributed by atoms with Crippen LogP contribution >= 0.6 is 0 Å². The SMILES string of the molecule is COC(=O)C(=O)Cc1ccc(OCc2ccccc2)c(O)c1. The molecule has 114 valence electrons. The van der Waals surface area contributed by atoms with Crippen LogP contribution in [-0.4, -0.2) is 24.0 Å². The molecule has 0 atom stereocenters. The fraction of sp³-hybridized carbons (Fsp3) is 0.176. The van der Waals surface area contributed by atoms with E-state index in [4.69, 9.17) is 4.74 Å². The Morgan fingerprint density at radius 3 is 2.41 bits per heavy atom. The van der Waals surface area contributed by atoms with Crippen LogP contribution in [0.5, 0.6) is 11.5 Å². The highest BCUT2D eigenvalue weighted by atomic mass is 16.5. The first-order valence-corrected chi connectivity index (χ1v) is 6.70. The largest absolute Gasteiger partial charge is 0.504 e. The molecule has 2 aromatic rings. The number of Topliss-reactive ketones (excluding diaryl/α,β-unsaturated/α-hetero) is 1. The molecule has 1 N–H and O–H groups in total. The molecule has 22 heavy (non-hydrogen) atoms. The van der Waals surface area contributed by atoms with Gasteiger partial charge in [-0.25, -0.2) is 4.79 Å². The van der Waals surface area contributed by atoms with Crippen molar-refractivity contribution in [2.24, 2.45) is 0 Å². The minimum atomic E-state index is -0.899. The van der Waals surface area contributed by atoms with Crippen molar-refractivity contribution in [3.05, 3.63) is 59.7 Å². The highest BCUT2D eigenvalue weighted by Crippen LogP contribution is 2.27. The summed E-state index contributed by atoms with van der Waals surface area (Å²) in [5.74, 6) is -1.33. The third-order valence-electron chi connectivity index (χ3n) is 3.04. The predicted octanol–water partition coefficient (Wildman–Crippen LogP) is 2.26. The van der Waals surface area contributed by atoms with Crippen molar-refractivity contribution in [2.45, 2.75) is 13.0 Å². The zero-order chi connectivity index (χ0) is 15.9. The molecule has 5 nitrogen and oxygen atoms in total. The van der Waals surface area contributed by atoms with Crippen LogP contribution < -0.4 is 4.74 Å². The minimum Gasteiger partial charge on any atom is -0.504 e. The second-order valence-electron chi connectivity index (χ2n) is 4.67. The van der Waals surface area contributed by atoms with Gasteiger partial charge < -0.3 is 14.6 Å². The van der Waals surface area contributed by atoms with E-state index in [0.29, 0.717) is 17.9 Å². The van der Waals surface area contributed by atoms with Gasteiger partial charge in [-0.15, -0.1) is 0 Å². The molecular formula is C17H16O5. The Balaban J connectivity index is 2.00. The molecule has 2 rings (SSSR count). The summed E-state index contributed by atoms with van der Waals surface area (Å²) in [6.45, 7) is 0.328. The molecule has 0 aliphatic rings. The summed E-state index contributed by atoms with van der Waals surface area (Å²) in [5, 5.41) is 9.93. The molecule has 0 aromatic heterocycles. The van der Waals surface area contributed by atoms with E-state index in [2.05, 4.69) is 4.74 Å². The average molecular weight is 300 g/mol. The summed E-state index contributed by atoms with van der Waals surface area (Å²) in [6, 6.07) is 14.1. The van der Waals surface area contributed by atoms with Crippen LogP contribution in [0.3, 0.4) is 0 Å². The van der Waals surface area contributed by atoms with Gasteiger partial charge in [-0.05, 0) is 23.3 Å². The lowest BCUT2D eigenvalue weighted by atomic mass is 10.1. The average Bonchev–Trinajstić information content (AvgIpc) is 2.54. The lowest BCUT2D eigenvalue weighted by Gasteiger charge is -2.09. The second-order valence-corrected chi connectivity index (χ2v) is 4.67. The van der Waals surface area contributed by atoms with Gasteiger partial charge in [-0.1, -0.05) is 36.4 Å². The predicted molar refractivity (Wildman–Crippen MR) is 79.6 cm³/mol. The molecule has 5 heteroatoms. The molecule has 0 amide bonds. The normalized spacial score (nSPS) is 10.0. The summed E-state index contributed by atoms with van der Waals surface area (Å²) >= 11 is 0. The number of benzene rings is 2. The van der Waals surface area contributed by atoms with Crippen molar-refractivity contribution < 1.29 is 24.2 Å². The highest BCUT2D eigenvalue weighted by Gasteiger charge is 2.15. The van der Waals surface area contributed by atoms with E-state index >= 15 is 0 Å². The van der Waals surface area contributed by atoms with Crippen molar-refractivity contribution in [3.8, 4) is 11.5 Å². The van der Waals surface area contributed by atoms with Crippen molar-refractivity contribution in [2.75, 3.05) is 7.11 Å². The maximum absolute atomic E-state index is 11.5. The lowest BCUT2D eigenvalue weighted by molar-refractivity contribution is -0.151. The fourth-order valence-electron chi connectivity index (χ4n) is 1.90. The summed E-state index contributed by atoms with van der Waals surface area (Å²) in [4.78, 5) is 22.5. The van der Waals surface area contributed by atoms with Gasteiger partial charge in [-0.3, -0.25) is 4.79 Å². The quantitative estimate of drug-likeness (QED) is 0.654. The van der Waals surface area contributed by atoms with E-state index in [1.54, 1.807) is 12.1 Å². The highest BCUT2D eigenvalue weighted by molar-refractivity contribution is 6.34. The number of phenols is 1. The van der Waals surface area contributed by atoms with E-state index in [1.807, 2.05) is 30.3 Å². The Kier molecular flexibility index (Phi) is 5.14. The van der Waals surface area contributed by atoms with Crippen molar-refractivity contribution in [1.29, 1.82) is 0 Å². The van der Waals surface area contributed by atoms with Gasteiger partial charge in [-0.2, -0.15) is 0 Å². The first-order valence-electron chi connectivity index (χ1n) is 6.70. The first-order chi connectivity index (χ1) is 10.6. The van der Waals surface area contributed by atoms with E-state index in [0.717, 1.165) is 12.7 Å². The molecule has 0 aliphatic heterocycles. The van der Waals surface area contributed by atoms with Crippen molar-refractivity contribution in [3.63, 3.8) is 0 Å². The Hall–Kier alpha value is -2.82. The van der Waals surface area contributed by atoms with Crippen molar-refractivity contribution in [1.82, 2.24) is 0 Å². The van der Waals surface area contributed by atoms with Crippen LogP contribution in [0, 0.1) is 0 Å². The number of esters is 1. The third-order valence-corrected chi connectivity index (χ3v) is 3.04. The number of ether oxygens (including phenoxy) is 2. The van der Waals surface area contributed by atoms with E-state index in [-0.39, 0.29) is 12.2 Å². The molecule has 0 radical (unpaired) electrons. The van der Waals surface area contributed by atoms with Crippen LogP contribution in [0.1, 0.15) is 11.1 Å². The Labute approximate surface area is 128 Å². The van der Waals surface area contributed by atoms with Gasteiger partial charge in [0, 0.05) is 6.42 Å². The number of rotatable bonds is 6. The van der Waals surface area contributed by atoms with Gasteiger partial charge in [0.2, 0.25) is 5.78 Å². The first kappa shape index (κ1) is 15.6. The Morgan fingerprint density at radius 2 is 1.77 bits per heavy atom. The summed E-state index contributed by atoms with van der Waals surface area (Å²) in [5.41, 5.74) is 1.49. The Bertz CT molecular complexity index is 664. The molecule has 0 aliphatic carbocycles. The van der Waals surface area contributed by atoms with E-state index in [1.165, 1.54) is 6.07 Å². The van der Waals surface area contributed by atoms with E-state index in [9.17, 15) is 14.7 Å². The molecule has 0 saturated heterocycles. The fourth-order valence-corrected chi connectivity index (χ4v) is 1.90. The number of ketones is 1. The Morgan fingerprint density at radius 1 is 1.05 bits per heavy atom. The summed E-state index contributed by atoms with van der Waals surface area (Å²) < 4.78 is 9.87. The maximum Gasteiger partial charge on any atom is 0.374 e. The van der Waals surface area contributed by atoms with Crippen LogP contribution in [0.15, 0.2) is 48.5 Å². The molecule has 0 fully saturated rings. The molecule has 0 heterocycles. The van der Waals surface area contributed by atoms with Gasteiger partial charge >= 0.3 is 5.97 Å². The van der Waals surface area contributed by atoms with Gasteiger partial charge in [0.1, 0.15) is 6.61 Å². The van der Waals surface area contributed by atoms with Gasteiger partial charge in [0.15, 0.2) is 11.5 Å². The molecule has 0 bridgehead atoms. The van der Waals surface area contributed by atoms with Crippen LogP contribution in [0.4, 0.5) is 0 Å². The number of phenolic OH excluding ortho intramolecular Hbond substituents is 1. The van der Waals surface area contributed by atoms with Crippen LogP contribution in [0.2, 0.25) is 0 Å².